The van der Waals surface area contributed by atoms with Crippen LogP contribution in [0.5, 0.6) is 11.5 Å². The minimum Gasteiger partial charge on any atom is -0.490 e. The molecule has 0 amide bonds. The Morgan fingerprint density at radius 1 is 0.946 bits per heavy atom. The summed E-state index contributed by atoms with van der Waals surface area (Å²) >= 11 is 0. The average molecular weight is 511 g/mol. The molecular weight excluding hydrogens is 477 g/mol. The predicted molar refractivity (Wildman–Crippen MR) is 139 cm³/mol. The first kappa shape index (κ1) is 26.8. The summed E-state index contributed by atoms with van der Waals surface area (Å²) < 4.78 is 55.3. The second kappa shape index (κ2) is 12.3. The zero-order valence-corrected chi connectivity index (χ0v) is 21.1. The smallest absolute Gasteiger partial charge is 0.168 e. The Morgan fingerprint density at radius 2 is 1.68 bits per heavy atom. The van der Waals surface area contributed by atoms with E-state index in [0.29, 0.717) is 29.9 Å². The Bertz CT molecular complexity index is 1200. The first-order valence-electron chi connectivity index (χ1n) is 12.8. The van der Waals surface area contributed by atoms with E-state index in [2.05, 4.69) is 6.58 Å². The van der Waals surface area contributed by atoms with Crippen LogP contribution < -0.4 is 9.47 Å². The Morgan fingerprint density at radius 3 is 2.32 bits per heavy atom. The van der Waals surface area contributed by atoms with E-state index < -0.39 is 17.5 Å². The van der Waals surface area contributed by atoms with Gasteiger partial charge >= 0.3 is 0 Å². The van der Waals surface area contributed by atoms with Crippen molar-refractivity contribution in [3.63, 3.8) is 0 Å². The van der Waals surface area contributed by atoms with E-state index in [9.17, 15) is 9.50 Å². The summed E-state index contributed by atoms with van der Waals surface area (Å²) in [6, 6.07) is 14.8. The number of hydrogen-bond donors (Lipinski definition) is 1. The molecule has 1 aliphatic carbocycles. The normalized spacial score (nSPS) is 18.3. The van der Waals surface area contributed by atoms with Crippen LogP contribution in [0.2, 0.25) is 0 Å². The maximum atomic E-state index is 15.1. The molecule has 196 valence electrons. The summed E-state index contributed by atoms with van der Waals surface area (Å²) in [6.07, 6.45) is 5.08. The molecule has 4 rings (SSSR count). The van der Waals surface area contributed by atoms with E-state index in [0.717, 1.165) is 31.2 Å². The minimum atomic E-state index is -0.843. The molecule has 3 nitrogen and oxygen atoms in total. The Labute approximate surface area is 216 Å². The molecule has 1 N–H and O–H groups in total. The monoisotopic (exact) mass is 510 g/mol. The number of aliphatic hydroxyl groups excluding tert-OH is 1. The van der Waals surface area contributed by atoms with Gasteiger partial charge in [0.05, 0.1) is 12.7 Å². The topological polar surface area (TPSA) is 38.7 Å². The molecule has 0 heterocycles. The second-order valence-corrected chi connectivity index (χ2v) is 9.69. The molecule has 0 radical (unpaired) electrons. The van der Waals surface area contributed by atoms with Gasteiger partial charge in [-0.1, -0.05) is 42.5 Å². The second-order valence-electron chi connectivity index (χ2n) is 9.69. The number of benzene rings is 3. The molecule has 0 bridgehead atoms. The summed E-state index contributed by atoms with van der Waals surface area (Å²) in [5.74, 6) is -1.42. The third-order valence-corrected chi connectivity index (χ3v) is 7.16. The van der Waals surface area contributed by atoms with Crippen LogP contribution in [0.3, 0.4) is 0 Å². The summed E-state index contributed by atoms with van der Waals surface area (Å²) in [5.41, 5.74) is 2.00. The van der Waals surface area contributed by atoms with Gasteiger partial charge in [-0.2, -0.15) is 0 Å². The Balaban J connectivity index is 1.38. The highest BCUT2D eigenvalue weighted by Gasteiger charge is 2.28. The van der Waals surface area contributed by atoms with E-state index >= 15 is 8.78 Å². The molecule has 0 saturated heterocycles. The Kier molecular flexibility index (Phi) is 8.93. The van der Waals surface area contributed by atoms with Gasteiger partial charge in [0.15, 0.2) is 23.2 Å². The number of ether oxygens (including phenoxy) is 2. The van der Waals surface area contributed by atoms with Crippen LogP contribution in [0.25, 0.3) is 11.1 Å². The summed E-state index contributed by atoms with van der Waals surface area (Å²) in [4.78, 5) is 0. The average Bonchev–Trinajstić information content (AvgIpc) is 2.91. The molecule has 3 aromatic rings. The first-order chi connectivity index (χ1) is 17.9. The van der Waals surface area contributed by atoms with Crippen molar-refractivity contribution in [2.24, 2.45) is 5.92 Å². The van der Waals surface area contributed by atoms with E-state index in [1.54, 1.807) is 55.5 Å². The molecular formula is C31H33F3O3. The van der Waals surface area contributed by atoms with Crippen LogP contribution in [0.15, 0.2) is 67.3 Å². The van der Waals surface area contributed by atoms with Gasteiger partial charge in [-0.15, -0.1) is 6.58 Å². The van der Waals surface area contributed by atoms with Crippen LogP contribution in [0.4, 0.5) is 13.2 Å². The van der Waals surface area contributed by atoms with Gasteiger partial charge in [0.25, 0.3) is 0 Å². The van der Waals surface area contributed by atoms with Gasteiger partial charge in [0.1, 0.15) is 12.4 Å². The molecule has 0 spiro atoms. The summed E-state index contributed by atoms with van der Waals surface area (Å²) in [5, 5.41) is 9.80. The molecule has 37 heavy (non-hydrogen) atoms. The van der Waals surface area contributed by atoms with Gasteiger partial charge < -0.3 is 14.6 Å². The van der Waals surface area contributed by atoms with Crippen LogP contribution in [0.1, 0.15) is 56.1 Å². The SMILES string of the molecule is C=CCCOc1ccc(OCc2ccc(-c3ccc(C4CCC(C(C)O)CC4)c(F)c3F)cc2)cc1F. The van der Waals surface area contributed by atoms with E-state index in [-0.39, 0.29) is 35.9 Å². The third kappa shape index (κ3) is 6.55. The van der Waals surface area contributed by atoms with Crippen molar-refractivity contribution in [1.82, 2.24) is 0 Å². The van der Waals surface area contributed by atoms with Gasteiger partial charge in [-0.05, 0) is 79.7 Å². The minimum absolute atomic E-state index is 0.0318. The number of rotatable bonds is 10. The molecule has 1 atom stereocenters. The fourth-order valence-corrected chi connectivity index (χ4v) is 4.90. The highest BCUT2D eigenvalue weighted by atomic mass is 19.2. The summed E-state index contributed by atoms with van der Waals surface area (Å²) in [6.45, 7) is 5.94. The van der Waals surface area contributed by atoms with Gasteiger partial charge in [0.2, 0.25) is 0 Å². The molecule has 0 aliphatic heterocycles. The van der Waals surface area contributed by atoms with Crippen molar-refractivity contribution in [2.75, 3.05) is 6.61 Å². The molecule has 1 fully saturated rings. The van der Waals surface area contributed by atoms with E-state index in [4.69, 9.17) is 9.47 Å². The number of halogens is 3. The molecule has 1 unspecified atom stereocenters. The van der Waals surface area contributed by atoms with Crippen molar-refractivity contribution in [3.05, 3.63) is 95.8 Å². The standard InChI is InChI=1S/C31H33F3O3/c1-3-4-17-36-29-16-13-25(18-28(29)32)37-19-21-5-7-23(8-6-21)26-14-15-27(31(34)30(26)33)24-11-9-22(10-12-24)20(2)35/h3,5-8,13-16,18,20,22,24,35H,1,4,9-12,17,19H2,2H3. The lowest BCUT2D eigenvalue weighted by atomic mass is 9.76. The van der Waals surface area contributed by atoms with Crippen LogP contribution in [0, 0.1) is 23.4 Å². The third-order valence-electron chi connectivity index (χ3n) is 7.16. The number of aliphatic hydroxyl groups is 1. The largest absolute Gasteiger partial charge is 0.490 e. The van der Waals surface area contributed by atoms with E-state index in [1.807, 2.05) is 0 Å². The van der Waals surface area contributed by atoms with Gasteiger partial charge in [-0.25, -0.2) is 13.2 Å². The van der Waals surface area contributed by atoms with Crippen molar-refractivity contribution >= 4 is 0 Å². The predicted octanol–water partition coefficient (Wildman–Crippen LogP) is 7.96. The molecule has 3 aromatic carbocycles. The van der Waals surface area contributed by atoms with Crippen molar-refractivity contribution in [1.29, 1.82) is 0 Å². The fourth-order valence-electron chi connectivity index (χ4n) is 4.90. The van der Waals surface area contributed by atoms with Crippen molar-refractivity contribution < 1.29 is 27.8 Å². The lowest BCUT2D eigenvalue weighted by Crippen LogP contribution is -2.23. The fraction of sp³-hybridized carbons (Fsp3) is 0.355. The molecule has 6 heteroatoms. The zero-order chi connectivity index (χ0) is 26.4. The van der Waals surface area contributed by atoms with Gasteiger partial charge in [0, 0.05) is 11.6 Å². The van der Waals surface area contributed by atoms with Gasteiger partial charge in [-0.3, -0.25) is 0 Å². The number of hydrogen-bond acceptors (Lipinski definition) is 3. The highest BCUT2D eigenvalue weighted by Crippen LogP contribution is 2.39. The van der Waals surface area contributed by atoms with E-state index in [1.165, 1.54) is 12.1 Å². The summed E-state index contributed by atoms with van der Waals surface area (Å²) in [7, 11) is 0. The molecule has 0 aromatic heterocycles. The zero-order valence-electron chi connectivity index (χ0n) is 21.1. The van der Waals surface area contributed by atoms with Crippen LogP contribution in [-0.4, -0.2) is 17.8 Å². The molecule has 1 aliphatic rings. The van der Waals surface area contributed by atoms with Crippen LogP contribution in [-0.2, 0) is 6.61 Å². The maximum absolute atomic E-state index is 15.1. The maximum Gasteiger partial charge on any atom is 0.168 e. The molecule has 1 saturated carbocycles. The quantitative estimate of drug-likeness (QED) is 0.222. The highest BCUT2D eigenvalue weighted by molar-refractivity contribution is 5.65. The van der Waals surface area contributed by atoms with Crippen LogP contribution >= 0.6 is 0 Å². The first-order valence-corrected chi connectivity index (χ1v) is 12.8. The lowest BCUT2D eigenvalue weighted by Gasteiger charge is -2.30. The van der Waals surface area contributed by atoms with Crippen molar-refractivity contribution in [3.8, 4) is 22.6 Å². The Hall–Kier alpha value is -3.25. The van der Waals surface area contributed by atoms with Crippen molar-refractivity contribution in [2.45, 2.75) is 57.7 Å². The lowest BCUT2D eigenvalue weighted by molar-refractivity contribution is 0.0964.